The molecule has 0 bridgehead atoms. The lowest BCUT2D eigenvalue weighted by atomic mass is 9.94. The quantitative estimate of drug-likeness (QED) is 0.791. The van der Waals surface area contributed by atoms with E-state index < -0.39 is 5.72 Å². The number of thiophene rings is 1. The Morgan fingerprint density at radius 2 is 1.75 bits per heavy atom. The molecular formula is C20H17NO2S. The summed E-state index contributed by atoms with van der Waals surface area (Å²) in [6.07, 6.45) is 0.721. The van der Waals surface area contributed by atoms with Crippen molar-refractivity contribution in [1.82, 2.24) is 4.90 Å². The van der Waals surface area contributed by atoms with Gasteiger partial charge in [0.25, 0.3) is 5.91 Å². The predicted molar refractivity (Wildman–Crippen MR) is 94.9 cm³/mol. The molecule has 0 saturated carbocycles. The average molecular weight is 335 g/mol. The Balaban J connectivity index is 1.78. The summed E-state index contributed by atoms with van der Waals surface area (Å²) in [5.41, 5.74) is 1.72. The molecule has 3 nitrogen and oxygen atoms in total. The zero-order chi connectivity index (χ0) is 16.6. The van der Waals surface area contributed by atoms with Gasteiger partial charge in [0.05, 0.1) is 0 Å². The summed E-state index contributed by atoms with van der Waals surface area (Å²) in [6, 6.07) is 18.8. The zero-order valence-electron chi connectivity index (χ0n) is 13.1. The molecule has 4 heteroatoms. The second kappa shape index (κ2) is 5.89. The molecule has 1 atom stereocenters. The topological polar surface area (TPSA) is 40.5 Å². The summed E-state index contributed by atoms with van der Waals surface area (Å²) in [7, 11) is 0. The van der Waals surface area contributed by atoms with Gasteiger partial charge in [-0.1, -0.05) is 48.5 Å². The van der Waals surface area contributed by atoms with E-state index in [0.717, 1.165) is 6.42 Å². The highest BCUT2D eigenvalue weighted by atomic mass is 32.1. The maximum Gasteiger partial charge on any atom is 0.257 e. The number of rotatable bonds is 4. The molecule has 1 aromatic heterocycles. The first-order chi connectivity index (χ1) is 11.7. The molecule has 1 aliphatic heterocycles. The van der Waals surface area contributed by atoms with Gasteiger partial charge in [0.2, 0.25) is 0 Å². The summed E-state index contributed by atoms with van der Waals surface area (Å²) in [5.74, 6) is -0.118. The number of fused-ring (bicyclic) bond motifs is 1. The summed E-state index contributed by atoms with van der Waals surface area (Å²) in [4.78, 5) is 14.5. The Kier molecular flexibility index (Phi) is 3.71. The Labute approximate surface area is 144 Å². The molecular weight excluding hydrogens is 318 g/mol. The van der Waals surface area contributed by atoms with Crippen molar-refractivity contribution in [3.05, 3.63) is 93.7 Å². The fourth-order valence-corrected chi connectivity index (χ4v) is 4.04. The normalized spacial score (nSPS) is 19.5. The van der Waals surface area contributed by atoms with Gasteiger partial charge in [0.15, 0.2) is 5.72 Å². The predicted octanol–water partition coefficient (Wildman–Crippen LogP) is 3.64. The summed E-state index contributed by atoms with van der Waals surface area (Å²) < 4.78 is 0. The smallest absolute Gasteiger partial charge is 0.257 e. The van der Waals surface area contributed by atoms with Crippen LogP contribution in [0, 0.1) is 0 Å². The molecule has 4 rings (SSSR count). The van der Waals surface area contributed by atoms with E-state index in [-0.39, 0.29) is 5.91 Å². The second-order valence-electron chi connectivity index (χ2n) is 5.92. The van der Waals surface area contributed by atoms with E-state index in [4.69, 9.17) is 0 Å². The van der Waals surface area contributed by atoms with Crippen LogP contribution in [-0.2, 0) is 12.1 Å². The third kappa shape index (κ3) is 2.27. The molecule has 0 aliphatic carbocycles. The first kappa shape index (κ1) is 15.1. The van der Waals surface area contributed by atoms with Gasteiger partial charge in [-0.3, -0.25) is 4.79 Å². The van der Waals surface area contributed by atoms with Gasteiger partial charge >= 0.3 is 0 Å². The third-order valence-corrected chi connectivity index (χ3v) is 5.28. The number of hydrogen-bond donors (Lipinski definition) is 1. The van der Waals surface area contributed by atoms with Crippen molar-refractivity contribution in [1.29, 1.82) is 0 Å². The zero-order valence-corrected chi connectivity index (χ0v) is 13.9. The lowest BCUT2D eigenvalue weighted by Gasteiger charge is -2.35. The molecule has 1 aliphatic rings. The van der Waals surface area contributed by atoms with E-state index in [1.807, 2.05) is 53.9 Å². The number of hydrogen-bond acceptors (Lipinski definition) is 3. The van der Waals surface area contributed by atoms with E-state index in [2.05, 4.69) is 11.4 Å². The van der Waals surface area contributed by atoms with E-state index in [1.165, 1.54) is 5.56 Å². The molecule has 120 valence electrons. The second-order valence-corrected chi connectivity index (χ2v) is 6.70. The molecule has 0 spiro atoms. The maximum atomic E-state index is 12.9. The van der Waals surface area contributed by atoms with Gasteiger partial charge < -0.3 is 10.0 Å². The highest BCUT2D eigenvalue weighted by Crippen LogP contribution is 2.42. The molecule has 1 amide bonds. The van der Waals surface area contributed by atoms with Crippen molar-refractivity contribution in [3.63, 3.8) is 0 Å². The van der Waals surface area contributed by atoms with Crippen LogP contribution in [0.25, 0.3) is 0 Å². The van der Waals surface area contributed by atoms with Crippen LogP contribution >= 0.6 is 11.3 Å². The van der Waals surface area contributed by atoms with E-state index in [9.17, 15) is 9.90 Å². The van der Waals surface area contributed by atoms with Crippen molar-refractivity contribution in [2.45, 2.75) is 12.1 Å². The molecule has 1 N–H and O–H groups in total. The third-order valence-electron chi connectivity index (χ3n) is 4.55. The van der Waals surface area contributed by atoms with Crippen molar-refractivity contribution in [2.75, 3.05) is 6.54 Å². The molecule has 0 radical (unpaired) electrons. The Morgan fingerprint density at radius 1 is 1.00 bits per heavy atom. The van der Waals surface area contributed by atoms with Crippen LogP contribution in [0.3, 0.4) is 0 Å². The Bertz CT molecular complexity index is 860. The first-order valence-electron chi connectivity index (χ1n) is 7.91. The van der Waals surface area contributed by atoms with Crippen LogP contribution in [0.1, 0.15) is 27.0 Å². The van der Waals surface area contributed by atoms with Crippen LogP contribution < -0.4 is 0 Å². The largest absolute Gasteiger partial charge is 0.363 e. The molecule has 2 heterocycles. The van der Waals surface area contributed by atoms with Crippen molar-refractivity contribution >= 4 is 17.2 Å². The minimum atomic E-state index is -1.41. The number of carbonyl (C=O) groups excluding carboxylic acids is 1. The SMILES string of the molecule is O=C1c2ccccc2C(O)(c2ccccc2)N1CCc1ccsc1. The summed E-state index contributed by atoms with van der Waals surface area (Å²) in [5, 5.41) is 15.7. The average Bonchev–Trinajstić information content (AvgIpc) is 3.22. The number of amides is 1. The Morgan fingerprint density at radius 3 is 2.50 bits per heavy atom. The monoisotopic (exact) mass is 335 g/mol. The maximum absolute atomic E-state index is 12.9. The molecule has 0 saturated heterocycles. The van der Waals surface area contributed by atoms with Crippen LogP contribution in [0.15, 0.2) is 71.4 Å². The van der Waals surface area contributed by atoms with Crippen LogP contribution in [0.4, 0.5) is 0 Å². The van der Waals surface area contributed by atoms with Gasteiger partial charge in [0.1, 0.15) is 0 Å². The molecule has 3 aromatic rings. The van der Waals surface area contributed by atoms with Gasteiger partial charge in [-0.05, 0) is 34.9 Å². The van der Waals surface area contributed by atoms with E-state index in [1.54, 1.807) is 22.3 Å². The molecule has 24 heavy (non-hydrogen) atoms. The van der Waals surface area contributed by atoms with Gasteiger partial charge in [-0.15, -0.1) is 0 Å². The van der Waals surface area contributed by atoms with E-state index in [0.29, 0.717) is 23.2 Å². The first-order valence-corrected chi connectivity index (χ1v) is 8.86. The van der Waals surface area contributed by atoms with Gasteiger partial charge in [-0.25, -0.2) is 0 Å². The van der Waals surface area contributed by atoms with Gasteiger partial charge in [-0.2, -0.15) is 11.3 Å². The highest BCUT2D eigenvalue weighted by molar-refractivity contribution is 7.07. The number of carbonyl (C=O) groups is 1. The standard InChI is InChI=1S/C20H17NO2S/c22-19-17-8-4-5-9-18(17)20(23,16-6-2-1-3-7-16)21(19)12-10-15-11-13-24-14-15/h1-9,11,13-14,23H,10,12H2. The van der Waals surface area contributed by atoms with Gasteiger partial charge in [0, 0.05) is 23.2 Å². The molecule has 2 aromatic carbocycles. The minimum absolute atomic E-state index is 0.118. The molecule has 0 fully saturated rings. The fourth-order valence-electron chi connectivity index (χ4n) is 3.33. The highest BCUT2D eigenvalue weighted by Gasteiger charge is 2.49. The van der Waals surface area contributed by atoms with Crippen molar-refractivity contribution < 1.29 is 9.90 Å². The van der Waals surface area contributed by atoms with Crippen LogP contribution in [0.5, 0.6) is 0 Å². The fraction of sp³-hybridized carbons (Fsp3) is 0.150. The number of nitrogens with zero attached hydrogens (tertiary/aromatic N) is 1. The van der Waals surface area contributed by atoms with Crippen molar-refractivity contribution in [3.8, 4) is 0 Å². The number of aliphatic hydroxyl groups is 1. The Hall–Kier alpha value is -2.43. The lowest BCUT2D eigenvalue weighted by Crippen LogP contribution is -2.45. The van der Waals surface area contributed by atoms with Crippen LogP contribution in [0.2, 0.25) is 0 Å². The molecule has 1 unspecified atom stereocenters. The lowest BCUT2D eigenvalue weighted by molar-refractivity contribution is -0.0493. The van der Waals surface area contributed by atoms with Crippen LogP contribution in [-0.4, -0.2) is 22.5 Å². The van der Waals surface area contributed by atoms with Crippen molar-refractivity contribution in [2.24, 2.45) is 0 Å². The van der Waals surface area contributed by atoms with E-state index >= 15 is 0 Å². The minimum Gasteiger partial charge on any atom is -0.363 e. The summed E-state index contributed by atoms with van der Waals surface area (Å²) in [6.45, 7) is 0.468. The summed E-state index contributed by atoms with van der Waals surface area (Å²) >= 11 is 1.64. The number of benzene rings is 2.